The van der Waals surface area contributed by atoms with Crippen molar-refractivity contribution in [3.05, 3.63) is 0 Å². The van der Waals surface area contributed by atoms with Crippen LogP contribution in [0.1, 0.15) is 40.5 Å². The van der Waals surface area contributed by atoms with Gasteiger partial charge in [-0.3, -0.25) is 9.69 Å². The van der Waals surface area contributed by atoms with E-state index >= 15 is 0 Å². The second-order valence-corrected chi connectivity index (χ2v) is 5.21. The SMILES string of the molecule is CC(C)[C@@H]1[C@@H](CC(=O)O)CCN1C(C)C. The van der Waals surface area contributed by atoms with E-state index in [0.29, 0.717) is 30.3 Å². The molecule has 1 fully saturated rings. The van der Waals surface area contributed by atoms with E-state index in [4.69, 9.17) is 5.11 Å². The molecule has 1 aliphatic heterocycles. The van der Waals surface area contributed by atoms with Crippen molar-refractivity contribution in [2.45, 2.75) is 52.6 Å². The first-order valence-corrected chi connectivity index (χ1v) is 5.91. The van der Waals surface area contributed by atoms with Gasteiger partial charge in [0.15, 0.2) is 0 Å². The van der Waals surface area contributed by atoms with Crippen LogP contribution in [0.5, 0.6) is 0 Å². The van der Waals surface area contributed by atoms with Gasteiger partial charge in [-0.05, 0) is 38.6 Å². The summed E-state index contributed by atoms with van der Waals surface area (Å²) >= 11 is 0. The molecule has 1 aliphatic rings. The third kappa shape index (κ3) is 2.94. The summed E-state index contributed by atoms with van der Waals surface area (Å²) in [4.78, 5) is 13.2. The predicted octanol–water partition coefficient (Wildman–Crippen LogP) is 2.22. The van der Waals surface area contributed by atoms with E-state index in [1.54, 1.807) is 0 Å². The smallest absolute Gasteiger partial charge is 0.303 e. The molecule has 0 spiro atoms. The molecule has 0 amide bonds. The number of carbonyl (C=O) groups is 1. The summed E-state index contributed by atoms with van der Waals surface area (Å²) in [6.45, 7) is 9.83. The van der Waals surface area contributed by atoms with E-state index in [2.05, 4.69) is 32.6 Å². The second-order valence-electron chi connectivity index (χ2n) is 5.21. The monoisotopic (exact) mass is 213 g/mol. The topological polar surface area (TPSA) is 40.5 Å². The van der Waals surface area contributed by atoms with Gasteiger partial charge >= 0.3 is 5.97 Å². The highest BCUT2D eigenvalue weighted by atomic mass is 16.4. The Hall–Kier alpha value is -0.570. The molecule has 0 aromatic carbocycles. The molecule has 0 aliphatic carbocycles. The number of hydrogen-bond acceptors (Lipinski definition) is 2. The van der Waals surface area contributed by atoms with E-state index < -0.39 is 5.97 Å². The van der Waals surface area contributed by atoms with Crippen LogP contribution in [0.3, 0.4) is 0 Å². The van der Waals surface area contributed by atoms with Crippen molar-refractivity contribution >= 4 is 5.97 Å². The summed E-state index contributed by atoms with van der Waals surface area (Å²) in [5.74, 6) is 0.223. The molecule has 88 valence electrons. The van der Waals surface area contributed by atoms with E-state index in [-0.39, 0.29) is 0 Å². The lowest BCUT2D eigenvalue weighted by Gasteiger charge is -2.33. The third-order valence-corrected chi connectivity index (χ3v) is 3.41. The second kappa shape index (κ2) is 4.97. The maximum absolute atomic E-state index is 10.8. The quantitative estimate of drug-likeness (QED) is 0.778. The van der Waals surface area contributed by atoms with Gasteiger partial charge in [-0.15, -0.1) is 0 Å². The molecule has 1 saturated heterocycles. The minimum Gasteiger partial charge on any atom is -0.481 e. The molecule has 1 N–H and O–H groups in total. The molecule has 1 heterocycles. The van der Waals surface area contributed by atoms with Gasteiger partial charge in [0.2, 0.25) is 0 Å². The largest absolute Gasteiger partial charge is 0.481 e. The lowest BCUT2D eigenvalue weighted by Crippen LogP contribution is -2.41. The number of carboxylic acids is 1. The Morgan fingerprint density at radius 3 is 2.40 bits per heavy atom. The van der Waals surface area contributed by atoms with Crippen LogP contribution in [-0.2, 0) is 4.79 Å². The minimum absolute atomic E-state index is 0.325. The number of hydrogen-bond donors (Lipinski definition) is 1. The first kappa shape index (κ1) is 12.5. The summed E-state index contributed by atoms with van der Waals surface area (Å²) in [6, 6.07) is 0.970. The van der Waals surface area contributed by atoms with Crippen LogP contribution in [0.2, 0.25) is 0 Å². The molecule has 0 saturated carbocycles. The van der Waals surface area contributed by atoms with Gasteiger partial charge in [0.25, 0.3) is 0 Å². The fraction of sp³-hybridized carbons (Fsp3) is 0.917. The molecule has 0 bridgehead atoms. The lowest BCUT2D eigenvalue weighted by molar-refractivity contribution is -0.138. The third-order valence-electron chi connectivity index (χ3n) is 3.41. The average molecular weight is 213 g/mol. The Morgan fingerprint density at radius 1 is 1.40 bits per heavy atom. The number of likely N-dealkylation sites (tertiary alicyclic amines) is 1. The van der Waals surface area contributed by atoms with Crippen LogP contribution in [0.4, 0.5) is 0 Å². The highest BCUT2D eigenvalue weighted by molar-refractivity contribution is 5.67. The maximum Gasteiger partial charge on any atom is 0.303 e. The fourth-order valence-electron chi connectivity index (χ4n) is 2.88. The normalized spacial score (nSPS) is 27.9. The number of nitrogens with zero attached hydrogens (tertiary/aromatic N) is 1. The molecule has 0 aromatic heterocycles. The van der Waals surface area contributed by atoms with Crippen LogP contribution < -0.4 is 0 Å². The van der Waals surface area contributed by atoms with Crippen LogP contribution in [0.15, 0.2) is 0 Å². The van der Waals surface area contributed by atoms with E-state index in [1.807, 2.05) is 0 Å². The molecule has 0 aromatic rings. The average Bonchev–Trinajstić information content (AvgIpc) is 2.46. The number of rotatable bonds is 4. The van der Waals surface area contributed by atoms with Crippen molar-refractivity contribution in [2.24, 2.45) is 11.8 Å². The van der Waals surface area contributed by atoms with Crippen LogP contribution in [0.25, 0.3) is 0 Å². The Labute approximate surface area is 92.5 Å². The molecule has 3 nitrogen and oxygen atoms in total. The molecule has 15 heavy (non-hydrogen) atoms. The summed E-state index contributed by atoms with van der Waals surface area (Å²) in [6.07, 6.45) is 1.36. The molecule has 0 radical (unpaired) electrons. The maximum atomic E-state index is 10.8. The number of aliphatic carboxylic acids is 1. The lowest BCUT2D eigenvalue weighted by atomic mass is 9.88. The molecular weight excluding hydrogens is 190 g/mol. The molecule has 0 unspecified atom stereocenters. The Bertz CT molecular complexity index is 226. The van der Waals surface area contributed by atoms with Gasteiger partial charge in [0.05, 0.1) is 0 Å². The molecule has 2 atom stereocenters. The Morgan fingerprint density at radius 2 is 2.00 bits per heavy atom. The highest BCUT2D eigenvalue weighted by Gasteiger charge is 2.37. The molecule has 3 heteroatoms. The summed E-state index contributed by atoms with van der Waals surface area (Å²) in [5.41, 5.74) is 0. The van der Waals surface area contributed by atoms with Crippen molar-refractivity contribution in [3.63, 3.8) is 0 Å². The van der Waals surface area contributed by atoms with Crippen LogP contribution in [0, 0.1) is 11.8 Å². The first-order valence-electron chi connectivity index (χ1n) is 5.91. The number of carboxylic acid groups (broad SMARTS) is 1. The van der Waals surface area contributed by atoms with Crippen LogP contribution in [-0.4, -0.2) is 34.6 Å². The highest BCUT2D eigenvalue weighted by Crippen LogP contribution is 2.33. The van der Waals surface area contributed by atoms with Gasteiger partial charge in [-0.2, -0.15) is 0 Å². The van der Waals surface area contributed by atoms with Gasteiger partial charge in [0, 0.05) is 18.5 Å². The first-order chi connectivity index (χ1) is 6.93. The Kier molecular flexibility index (Phi) is 4.14. The van der Waals surface area contributed by atoms with Gasteiger partial charge in [0.1, 0.15) is 0 Å². The Balaban J connectivity index is 2.70. The van der Waals surface area contributed by atoms with Crippen molar-refractivity contribution in [1.29, 1.82) is 0 Å². The van der Waals surface area contributed by atoms with Gasteiger partial charge in [-0.1, -0.05) is 13.8 Å². The van der Waals surface area contributed by atoms with Crippen molar-refractivity contribution in [1.82, 2.24) is 4.90 Å². The van der Waals surface area contributed by atoms with E-state index in [0.717, 1.165) is 13.0 Å². The summed E-state index contributed by atoms with van der Waals surface area (Å²) in [7, 11) is 0. The molecule has 1 rings (SSSR count). The van der Waals surface area contributed by atoms with E-state index in [1.165, 1.54) is 0 Å². The summed E-state index contributed by atoms with van der Waals surface area (Å²) < 4.78 is 0. The van der Waals surface area contributed by atoms with Crippen molar-refractivity contribution < 1.29 is 9.90 Å². The zero-order valence-electron chi connectivity index (χ0n) is 10.2. The predicted molar refractivity (Wildman–Crippen MR) is 60.8 cm³/mol. The zero-order chi connectivity index (χ0) is 11.6. The molecular formula is C12H23NO2. The fourth-order valence-corrected chi connectivity index (χ4v) is 2.88. The van der Waals surface area contributed by atoms with Gasteiger partial charge in [-0.25, -0.2) is 0 Å². The summed E-state index contributed by atoms with van der Waals surface area (Å²) in [5, 5.41) is 8.88. The zero-order valence-corrected chi connectivity index (χ0v) is 10.2. The minimum atomic E-state index is -0.656. The van der Waals surface area contributed by atoms with Crippen molar-refractivity contribution in [3.8, 4) is 0 Å². The van der Waals surface area contributed by atoms with E-state index in [9.17, 15) is 4.79 Å². The van der Waals surface area contributed by atoms with Crippen molar-refractivity contribution in [2.75, 3.05) is 6.54 Å². The van der Waals surface area contributed by atoms with Gasteiger partial charge < -0.3 is 5.11 Å². The standard InChI is InChI=1S/C12H23NO2/c1-8(2)12-10(7-11(14)15)5-6-13(12)9(3)4/h8-10,12H,5-7H2,1-4H3,(H,14,15)/t10-,12-/m1/s1. The van der Waals surface area contributed by atoms with Crippen LogP contribution >= 0.6 is 0 Å².